The number of nitrogens with zero attached hydrogens (tertiary/aromatic N) is 3. The molecule has 0 amide bonds. The summed E-state index contributed by atoms with van der Waals surface area (Å²) in [6.07, 6.45) is 4.96. The lowest BCUT2D eigenvalue weighted by atomic mass is 10.2. The van der Waals surface area contributed by atoms with E-state index in [1.165, 1.54) is 12.1 Å². The van der Waals surface area contributed by atoms with Gasteiger partial charge in [0.15, 0.2) is 0 Å². The topological polar surface area (TPSA) is 68.4 Å². The van der Waals surface area contributed by atoms with Crippen molar-refractivity contribution in [2.24, 2.45) is 4.99 Å². The minimum atomic E-state index is -0.427. The van der Waals surface area contributed by atoms with Crippen LogP contribution in [0.25, 0.3) is 0 Å². The van der Waals surface area contributed by atoms with E-state index in [2.05, 4.69) is 9.98 Å². The number of aromatic nitrogens is 1. The Kier molecular flexibility index (Phi) is 3.20. The van der Waals surface area contributed by atoms with Crippen molar-refractivity contribution in [3.05, 3.63) is 64.5 Å². The van der Waals surface area contributed by atoms with Gasteiger partial charge in [-0.15, -0.1) is 0 Å². The van der Waals surface area contributed by atoms with Crippen molar-refractivity contribution in [2.45, 2.75) is 0 Å². The van der Waals surface area contributed by atoms with Gasteiger partial charge in [0.25, 0.3) is 5.69 Å². The molecule has 1 heterocycles. The van der Waals surface area contributed by atoms with E-state index in [0.717, 1.165) is 11.3 Å². The molecule has 0 aliphatic rings. The number of aliphatic imine (C=N–C) groups is 1. The van der Waals surface area contributed by atoms with Crippen LogP contribution in [0.1, 0.15) is 5.56 Å². The fourth-order valence-corrected chi connectivity index (χ4v) is 1.26. The van der Waals surface area contributed by atoms with E-state index in [4.69, 9.17) is 0 Å². The van der Waals surface area contributed by atoms with E-state index < -0.39 is 4.92 Å². The second kappa shape index (κ2) is 4.98. The molecule has 0 saturated heterocycles. The second-order valence-electron chi connectivity index (χ2n) is 3.31. The molecular weight excluding hydrogens is 218 g/mol. The molecule has 5 heteroatoms. The van der Waals surface area contributed by atoms with Gasteiger partial charge in [0.1, 0.15) is 0 Å². The van der Waals surface area contributed by atoms with Crippen molar-refractivity contribution in [1.82, 2.24) is 4.98 Å². The van der Waals surface area contributed by atoms with Crippen molar-refractivity contribution in [1.29, 1.82) is 0 Å². The molecule has 0 aliphatic carbocycles. The lowest BCUT2D eigenvalue weighted by molar-refractivity contribution is -0.384. The van der Waals surface area contributed by atoms with Gasteiger partial charge in [-0.05, 0) is 29.8 Å². The molecule has 2 aromatic rings. The molecular formula is C12H9N3O2. The van der Waals surface area contributed by atoms with Crippen LogP contribution in [0, 0.1) is 10.1 Å². The number of nitro benzene ring substituents is 1. The number of benzene rings is 1. The third kappa shape index (κ3) is 2.94. The number of hydrogen-bond acceptors (Lipinski definition) is 4. The minimum absolute atomic E-state index is 0.0751. The summed E-state index contributed by atoms with van der Waals surface area (Å²) in [4.78, 5) is 18.1. The summed E-state index contributed by atoms with van der Waals surface area (Å²) in [6, 6.07) is 9.78. The maximum atomic E-state index is 10.5. The largest absolute Gasteiger partial charge is 0.269 e. The monoisotopic (exact) mass is 227 g/mol. The molecule has 84 valence electrons. The molecule has 0 unspecified atom stereocenters. The molecule has 0 fully saturated rings. The summed E-state index contributed by atoms with van der Waals surface area (Å²) in [5, 5.41) is 10.5. The molecule has 0 atom stereocenters. The molecule has 0 N–H and O–H groups in total. The summed E-state index contributed by atoms with van der Waals surface area (Å²) in [5.74, 6) is 0. The SMILES string of the molecule is O=[N+]([O-])c1ccc(C=Nc2ccncc2)cc1. The molecule has 0 saturated carbocycles. The fourth-order valence-electron chi connectivity index (χ4n) is 1.26. The van der Waals surface area contributed by atoms with Gasteiger partial charge in [-0.25, -0.2) is 0 Å². The van der Waals surface area contributed by atoms with Crippen LogP contribution in [0.15, 0.2) is 53.8 Å². The van der Waals surface area contributed by atoms with Crippen LogP contribution in [0.2, 0.25) is 0 Å². The van der Waals surface area contributed by atoms with Crippen LogP contribution < -0.4 is 0 Å². The molecule has 0 radical (unpaired) electrons. The van der Waals surface area contributed by atoms with Crippen molar-refractivity contribution in [3.8, 4) is 0 Å². The average molecular weight is 227 g/mol. The Morgan fingerprint density at radius 3 is 2.35 bits per heavy atom. The molecule has 0 aliphatic heterocycles. The van der Waals surface area contributed by atoms with Crippen LogP contribution in [-0.2, 0) is 0 Å². The number of rotatable bonds is 3. The first-order valence-corrected chi connectivity index (χ1v) is 4.94. The highest BCUT2D eigenvalue weighted by Crippen LogP contribution is 2.12. The van der Waals surface area contributed by atoms with Gasteiger partial charge in [-0.3, -0.25) is 20.1 Å². The first-order chi connectivity index (χ1) is 8.25. The van der Waals surface area contributed by atoms with Crippen LogP contribution in [0.3, 0.4) is 0 Å². The molecule has 1 aromatic heterocycles. The molecule has 17 heavy (non-hydrogen) atoms. The predicted molar refractivity (Wildman–Crippen MR) is 64.6 cm³/mol. The van der Waals surface area contributed by atoms with Gasteiger partial charge in [-0.1, -0.05) is 0 Å². The number of hydrogen-bond donors (Lipinski definition) is 0. The molecule has 0 spiro atoms. The Morgan fingerprint density at radius 2 is 1.76 bits per heavy atom. The van der Waals surface area contributed by atoms with Crippen LogP contribution in [-0.4, -0.2) is 16.1 Å². The van der Waals surface area contributed by atoms with E-state index in [1.54, 1.807) is 42.9 Å². The standard InChI is InChI=1S/C12H9N3O2/c16-15(17)12-3-1-10(2-4-12)9-14-11-5-7-13-8-6-11/h1-9H. The molecule has 2 rings (SSSR count). The third-order valence-corrected chi connectivity index (χ3v) is 2.13. The van der Waals surface area contributed by atoms with Gasteiger partial charge in [0, 0.05) is 30.7 Å². The Hall–Kier alpha value is -2.56. The zero-order valence-electron chi connectivity index (χ0n) is 8.85. The molecule has 0 bridgehead atoms. The van der Waals surface area contributed by atoms with Crippen molar-refractivity contribution >= 4 is 17.6 Å². The smallest absolute Gasteiger partial charge is 0.265 e. The quantitative estimate of drug-likeness (QED) is 0.460. The van der Waals surface area contributed by atoms with Crippen LogP contribution in [0.4, 0.5) is 11.4 Å². The highest BCUT2D eigenvalue weighted by atomic mass is 16.6. The number of nitro groups is 1. The highest BCUT2D eigenvalue weighted by molar-refractivity contribution is 5.82. The third-order valence-electron chi connectivity index (χ3n) is 2.13. The summed E-state index contributed by atoms with van der Waals surface area (Å²) in [5.41, 5.74) is 1.68. The van der Waals surface area contributed by atoms with Crippen LogP contribution >= 0.6 is 0 Å². The Morgan fingerprint density at radius 1 is 1.12 bits per heavy atom. The van der Waals surface area contributed by atoms with Crippen molar-refractivity contribution in [2.75, 3.05) is 0 Å². The van der Waals surface area contributed by atoms with Crippen LogP contribution in [0.5, 0.6) is 0 Å². The Balaban J connectivity index is 2.14. The van der Waals surface area contributed by atoms with E-state index in [9.17, 15) is 10.1 Å². The van der Waals surface area contributed by atoms with Crippen molar-refractivity contribution in [3.63, 3.8) is 0 Å². The van der Waals surface area contributed by atoms with E-state index in [0.29, 0.717) is 0 Å². The summed E-state index contributed by atoms with van der Waals surface area (Å²) in [6.45, 7) is 0. The fraction of sp³-hybridized carbons (Fsp3) is 0. The van der Waals surface area contributed by atoms with Gasteiger partial charge in [0.05, 0.1) is 10.6 Å². The first kappa shape index (κ1) is 10.9. The second-order valence-corrected chi connectivity index (χ2v) is 3.31. The maximum Gasteiger partial charge on any atom is 0.269 e. The Labute approximate surface area is 97.6 Å². The predicted octanol–water partition coefficient (Wildman–Crippen LogP) is 2.74. The van der Waals surface area contributed by atoms with Gasteiger partial charge < -0.3 is 0 Å². The van der Waals surface area contributed by atoms with E-state index >= 15 is 0 Å². The molecule has 1 aromatic carbocycles. The Bertz CT molecular complexity index is 535. The molecule has 5 nitrogen and oxygen atoms in total. The van der Waals surface area contributed by atoms with E-state index in [-0.39, 0.29) is 5.69 Å². The van der Waals surface area contributed by atoms with Gasteiger partial charge >= 0.3 is 0 Å². The highest BCUT2D eigenvalue weighted by Gasteiger charge is 2.02. The van der Waals surface area contributed by atoms with E-state index in [1.807, 2.05) is 0 Å². The van der Waals surface area contributed by atoms with Gasteiger partial charge in [-0.2, -0.15) is 0 Å². The zero-order valence-corrected chi connectivity index (χ0v) is 8.85. The summed E-state index contributed by atoms with van der Waals surface area (Å²) in [7, 11) is 0. The number of non-ortho nitro benzene ring substituents is 1. The zero-order chi connectivity index (χ0) is 12.1. The lowest BCUT2D eigenvalue weighted by Gasteiger charge is -1.94. The lowest BCUT2D eigenvalue weighted by Crippen LogP contribution is -1.88. The average Bonchev–Trinajstić information content (AvgIpc) is 2.38. The summed E-state index contributed by atoms with van der Waals surface area (Å²) < 4.78 is 0. The maximum absolute atomic E-state index is 10.5. The minimum Gasteiger partial charge on any atom is -0.265 e. The normalized spacial score (nSPS) is 10.6. The van der Waals surface area contributed by atoms with Crippen molar-refractivity contribution < 1.29 is 4.92 Å². The summed E-state index contributed by atoms with van der Waals surface area (Å²) >= 11 is 0. The number of pyridine rings is 1. The van der Waals surface area contributed by atoms with Gasteiger partial charge in [0.2, 0.25) is 0 Å². The first-order valence-electron chi connectivity index (χ1n) is 4.94.